The van der Waals surface area contributed by atoms with E-state index in [1.54, 1.807) is 13.2 Å². The quantitative estimate of drug-likeness (QED) is 0.218. The number of hydrogen-bond acceptors (Lipinski definition) is 6. The summed E-state index contributed by atoms with van der Waals surface area (Å²) in [5, 5.41) is 10.9. The molecule has 0 unspecified atom stereocenters. The van der Waals surface area contributed by atoms with Crippen LogP contribution in [0, 0.1) is 6.92 Å². The molecule has 2 heterocycles. The monoisotopic (exact) mass is 534 g/mol. The Bertz CT molecular complexity index is 1840. The predicted molar refractivity (Wildman–Crippen MR) is 151 cm³/mol. The molecule has 6 rings (SSSR count). The number of nitrogens with zero attached hydrogens (tertiary/aromatic N) is 2. The highest BCUT2D eigenvalue weighted by Crippen LogP contribution is 2.39. The van der Waals surface area contributed by atoms with E-state index in [4.69, 9.17) is 23.7 Å². The summed E-state index contributed by atoms with van der Waals surface area (Å²) in [6, 6.07) is 29.0. The Balaban J connectivity index is 1.34. The number of benzene rings is 4. The maximum atomic E-state index is 11.2. The fraction of sp³-hybridized carbons (Fsp3) is 0.125. The minimum Gasteiger partial charge on any atom is -0.493 e. The Labute approximate surface area is 230 Å². The Morgan fingerprint density at radius 2 is 1.65 bits per heavy atom. The van der Waals surface area contributed by atoms with Crippen LogP contribution in [0.25, 0.3) is 38.9 Å². The number of aromatic nitrogens is 2. The standard InChI is InChI=1S/C32H26N2O6/c1-20-24(33-32(40-20)21-9-4-3-5-10-21)18-38-27-16-15-22(17-29(27)37-2)34-25-12-7-6-11-23(25)31-26(34)13-8-14-28(31)39-19-30(35)36/h3-17H,18-19H2,1-2H3,(H,35,36). The number of aliphatic carboxylic acids is 1. The molecule has 1 N–H and O–H groups in total. The van der Waals surface area contributed by atoms with Gasteiger partial charge in [0.25, 0.3) is 0 Å². The second kappa shape index (κ2) is 10.5. The van der Waals surface area contributed by atoms with Crippen molar-refractivity contribution in [2.24, 2.45) is 0 Å². The molecule has 6 aromatic rings. The van der Waals surface area contributed by atoms with Crippen molar-refractivity contribution < 1.29 is 28.5 Å². The number of hydrogen-bond donors (Lipinski definition) is 1. The normalized spacial score (nSPS) is 11.2. The lowest BCUT2D eigenvalue weighted by atomic mass is 10.1. The van der Waals surface area contributed by atoms with E-state index in [9.17, 15) is 4.79 Å². The van der Waals surface area contributed by atoms with Crippen molar-refractivity contribution >= 4 is 27.8 Å². The van der Waals surface area contributed by atoms with Crippen LogP contribution in [0.1, 0.15) is 11.5 Å². The fourth-order valence-corrected chi connectivity index (χ4v) is 4.85. The average Bonchev–Trinajstić information content (AvgIpc) is 3.53. The molecule has 0 fully saturated rings. The van der Waals surface area contributed by atoms with Crippen molar-refractivity contribution in [2.75, 3.05) is 13.7 Å². The highest BCUT2D eigenvalue weighted by molar-refractivity contribution is 6.12. The third-order valence-electron chi connectivity index (χ3n) is 6.69. The minimum atomic E-state index is -1.03. The Morgan fingerprint density at radius 1 is 0.875 bits per heavy atom. The third-order valence-corrected chi connectivity index (χ3v) is 6.69. The number of methoxy groups -OCH3 is 1. The number of ether oxygens (including phenoxy) is 3. The number of carboxylic acid groups (broad SMARTS) is 1. The second-order valence-electron chi connectivity index (χ2n) is 9.20. The molecule has 8 nitrogen and oxygen atoms in total. The van der Waals surface area contributed by atoms with Gasteiger partial charge >= 0.3 is 5.97 Å². The summed E-state index contributed by atoms with van der Waals surface area (Å²) in [7, 11) is 1.60. The SMILES string of the molecule is COc1cc(-n2c3ccccc3c3c(OCC(=O)O)cccc32)ccc1OCc1nc(-c2ccccc2)oc1C. The van der Waals surface area contributed by atoms with Gasteiger partial charge in [-0.25, -0.2) is 9.78 Å². The van der Waals surface area contributed by atoms with Gasteiger partial charge in [-0.15, -0.1) is 0 Å². The molecule has 40 heavy (non-hydrogen) atoms. The molecule has 0 saturated heterocycles. The van der Waals surface area contributed by atoms with Crippen molar-refractivity contribution in [3.05, 3.63) is 102 Å². The van der Waals surface area contributed by atoms with E-state index >= 15 is 0 Å². The average molecular weight is 535 g/mol. The van der Waals surface area contributed by atoms with Crippen molar-refractivity contribution in [1.82, 2.24) is 9.55 Å². The molecule has 0 aliphatic rings. The molecule has 0 saturated carbocycles. The van der Waals surface area contributed by atoms with E-state index in [1.165, 1.54) is 0 Å². The highest BCUT2D eigenvalue weighted by Gasteiger charge is 2.18. The van der Waals surface area contributed by atoms with Gasteiger partial charge in [-0.05, 0) is 49.4 Å². The van der Waals surface area contributed by atoms with Crippen LogP contribution < -0.4 is 14.2 Å². The number of carboxylic acids is 1. The van der Waals surface area contributed by atoms with E-state index in [1.807, 2.05) is 91.9 Å². The summed E-state index contributed by atoms with van der Waals surface area (Å²) < 4.78 is 25.5. The summed E-state index contributed by atoms with van der Waals surface area (Å²) in [4.78, 5) is 15.8. The first kappa shape index (κ1) is 25.1. The first-order valence-corrected chi connectivity index (χ1v) is 12.7. The number of carbonyl (C=O) groups is 1. The van der Waals surface area contributed by atoms with Crippen LogP contribution in [-0.4, -0.2) is 34.3 Å². The molecule has 0 radical (unpaired) electrons. The number of para-hydroxylation sites is 1. The van der Waals surface area contributed by atoms with E-state index in [-0.39, 0.29) is 6.61 Å². The van der Waals surface area contributed by atoms with Crippen LogP contribution in [0.4, 0.5) is 0 Å². The first-order valence-electron chi connectivity index (χ1n) is 12.7. The zero-order valence-electron chi connectivity index (χ0n) is 22.0. The van der Waals surface area contributed by atoms with Crippen LogP contribution in [0.15, 0.2) is 95.4 Å². The van der Waals surface area contributed by atoms with Gasteiger partial charge in [0.05, 0.1) is 23.8 Å². The molecule has 0 aliphatic heterocycles. The highest BCUT2D eigenvalue weighted by atomic mass is 16.5. The van der Waals surface area contributed by atoms with Crippen molar-refractivity contribution in [3.63, 3.8) is 0 Å². The lowest BCUT2D eigenvalue weighted by Crippen LogP contribution is -2.09. The second-order valence-corrected chi connectivity index (χ2v) is 9.20. The van der Waals surface area contributed by atoms with Gasteiger partial charge < -0.3 is 28.3 Å². The predicted octanol–water partition coefficient (Wildman–Crippen LogP) is 6.80. The summed E-state index contributed by atoms with van der Waals surface area (Å²) >= 11 is 0. The molecule has 2 aromatic heterocycles. The van der Waals surface area contributed by atoms with Gasteiger partial charge in [-0.2, -0.15) is 0 Å². The maximum absolute atomic E-state index is 11.2. The van der Waals surface area contributed by atoms with Gasteiger partial charge in [-0.3, -0.25) is 0 Å². The van der Waals surface area contributed by atoms with Crippen LogP contribution in [0.3, 0.4) is 0 Å². The third kappa shape index (κ3) is 4.60. The molecular weight excluding hydrogens is 508 g/mol. The molecule has 0 spiro atoms. The first-order chi connectivity index (χ1) is 19.5. The summed E-state index contributed by atoms with van der Waals surface area (Å²) in [6.07, 6.45) is 0. The molecule has 200 valence electrons. The molecular formula is C32H26N2O6. The largest absolute Gasteiger partial charge is 0.493 e. The van der Waals surface area contributed by atoms with Crippen molar-refractivity contribution in [2.45, 2.75) is 13.5 Å². The summed E-state index contributed by atoms with van der Waals surface area (Å²) in [5.74, 6) is 1.86. The van der Waals surface area contributed by atoms with Gasteiger partial charge in [0.15, 0.2) is 18.1 Å². The topological polar surface area (TPSA) is 96.0 Å². The van der Waals surface area contributed by atoms with E-state index in [0.29, 0.717) is 34.6 Å². The Morgan fingerprint density at radius 3 is 2.45 bits per heavy atom. The van der Waals surface area contributed by atoms with Crippen molar-refractivity contribution in [3.8, 4) is 34.4 Å². The van der Waals surface area contributed by atoms with Gasteiger partial charge in [0.2, 0.25) is 5.89 Å². The van der Waals surface area contributed by atoms with E-state index < -0.39 is 12.6 Å². The molecule has 0 aliphatic carbocycles. The fourth-order valence-electron chi connectivity index (χ4n) is 4.85. The molecule has 0 amide bonds. The minimum absolute atomic E-state index is 0.220. The summed E-state index contributed by atoms with van der Waals surface area (Å²) in [5.41, 5.74) is 4.30. The van der Waals surface area contributed by atoms with Gasteiger partial charge in [0, 0.05) is 22.4 Å². The maximum Gasteiger partial charge on any atom is 0.341 e. The van der Waals surface area contributed by atoms with Crippen LogP contribution in [0.5, 0.6) is 17.2 Å². The summed E-state index contributed by atoms with van der Waals surface area (Å²) in [6.45, 7) is 1.67. The zero-order valence-corrected chi connectivity index (χ0v) is 22.0. The van der Waals surface area contributed by atoms with Gasteiger partial charge in [-0.1, -0.05) is 42.5 Å². The molecule has 0 bridgehead atoms. The lowest BCUT2D eigenvalue weighted by Gasteiger charge is -2.14. The molecule has 0 atom stereocenters. The number of rotatable bonds is 9. The molecule has 4 aromatic carbocycles. The van der Waals surface area contributed by atoms with Crippen molar-refractivity contribution in [1.29, 1.82) is 0 Å². The molecule has 8 heteroatoms. The van der Waals surface area contributed by atoms with Gasteiger partial charge in [0.1, 0.15) is 23.8 Å². The zero-order chi connectivity index (χ0) is 27.6. The van der Waals surface area contributed by atoms with Crippen LogP contribution in [-0.2, 0) is 11.4 Å². The number of fused-ring (bicyclic) bond motifs is 3. The lowest BCUT2D eigenvalue weighted by molar-refractivity contribution is -0.139. The Hall–Kier alpha value is -5.24. The Kier molecular flexibility index (Phi) is 6.57. The van der Waals surface area contributed by atoms with Crippen LogP contribution >= 0.6 is 0 Å². The number of aryl methyl sites for hydroxylation is 1. The smallest absolute Gasteiger partial charge is 0.341 e. The number of oxazole rings is 1. The van der Waals surface area contributed by atoms with E-state index in [2.05, 4.69) is 9.55 Å². The van der Waals surface area contributed by atoms with Crippen LogP contribution in [0.2, 0.25) is 0 Å². The van der Waals surface area contributed by atoms with E-state index in [0.717, 1.165) is 33.1 Å².